The Balaban J connectivity index is 2.54. The van der Waals surface area contributed by atoms with Gasteiger partial charge in [-0.3, -0.25) is 0 Å². The first kappa shape index (κ1) is 16.6. The standard InChI is InChI=1S/C13H21Br2NOS/c1-3-7-16-11(6-4-5-8-17-2)12-9-10(14)13(15)18-12/h9,11,16H,3-8H2,1-2H3. The third-order valence-electron chi connectivity index (χ3n) is 2.74. The second-order valence-electron chi connectivity index (χ2n) is 4.27. The fraction of sp³-hybridized carbons (Fsp3) is 0.692. The summed E-state index contributed by atoms with van der Waals surface area (Å²) in [6.45, 7) is 4.13. The van der Waals surface area contributed by atoms with Crippen LogP contribution < -0.4 is 5.32 Å². The van der Waals surface area contributed by atoms with Crippen molar-refractivity contribution in [3.63, 3.8) is 0 Å². The van der Waals surface area contributed by atoms with Gasteiger partial charge in [0.1, 0.15) is 0 Å². The van der Waals surface area contributed by atoms with E-state index in [0.717, 1.165) is 24.0 Å². The molecule has 0 radical (unpaired) electrons. The highest BCUT2D eigenvalue weighted by Crippen LogP contribution is 2.36. The van der Waals surface area contributed by atoms with Gasteiger partial charge in [0.05, 0.1) is 3.79 Å². The molecule has 1 atom stereocenters. The van der Waals surface area contributed by atoms with Gasteiger partial charge in [-0.25, -0.2) is 0 Å². The summed E-state index contributed by atoms with van der Waals surface area (Å²) in [6, 6.07) is 2.69. The van der Waals surface area contributed by atoms with Crippen LogP contribution in [0.5, 0.6) is 0 Å². The number of hydrogen-bond acceptors (Lipinski definition) is 3. The fourth-order valence-electron chi connectivity index (χ4n) is 1.79. The Morgan fingerprint density at radius 3 is 2.72 bits per heavy atom. The van der Waals surface area contributed by atoms with Gasteiger partial charge < -0.3 is 10.1 Å². The maximum atomic E-state index is 5.10. The second-order valence-corrected chi connectivity index (χ2v) is 7.52. The molecule has 1 heterocycles. The molecular formula is C13H21Br2NOS. The number of nitrogens with one attached hydrogen (secondary N) is 1. The molecule has 0 aliphatic carbocycles. The number of ether oxygens (including phenoxy) is 1. The van der Waals surface area contributed by atoms with Crippen LogP contribution in [0.3, 0.4) is 0 Å². The zero-order chi connectivity index (χ0) is 13.4. The van der Waals surface area contributed by atoms with Crippen LogP contribution in [-0.4, -0.2) is 20.3 Å². The van der Waals surface area contributed by atoms with E-state index in [1.165, 1.54) is 27.9 Å². The van der Waals surface area contributed by atoms with Gasteiger partial charge in [-0.2, -0.15) is 0 Å². The Kier molecular flexibility index (Phi) is 8.76. The average Bonchev–Trinajstić information content (AvgIpc) is 2.68. The predicted octanol–water partition coefficient (Wildman–Crippen LogP) is 5.13. The lowest BCUT2D eigenvalue weighted by atomic mass is 10.1. The first-order chi connectivity index (χ1) is 8.69. The quantitative estimate of drug-likeness (QED) is 0.582. The number of methoxy groups -OCH3 is 1. The zero-order valence-electron chi connectivity index (χ0n) is 11.0. The van der Waals surface area contributed by atoms with Crippen LogP contribution in [0.4, 0.5) is 0 Å². The number of halogens is 2. The molecule has 0 aromatic carbocycles. The van der Waals surface area contributed by atoms with E-state index in [1.54, 1.807) is 7.11 Å². The van der Waals surface area contributed by atoms with E-state index < -0.39 is 0 Å². The topological polar surface area (TPSA) is 21.3 Å². The van der Waals surface area contributed by atoms with Crippen LogP contribution in [0.15, 0.2) is 14.3 Å². The Morgan fingerprint density at radius 2 is 2.17 bits per heavy atom. The summed E-state index contributed by atoms with van der Waals surface area (Å²) < 4.78 is 7.43. The van der Waals surface area contributed by atoms with E-state index in [9.17, 15) is 0 Å². The second kappa shape index (κ2) is 9.48. The number of unbranched alkanes of at least 4 members (excludes halogenated alkanes) is 1. The van der Waals surface area contributed by atoms with Crippen molar-refractivity contribution in [2.45, 2.75) is 38.6 Å². The lowest BCUT2D eigenvalue weighted by Gasteiger charge is -2.16. The Bertz CT molecular complexity index is 324. The Labute approximate surface area is 131 Å². The minimum atomic E-state index is 0.467. The molecule has 1 aromatic heterocycles. The third kappa shape index (κ3) is 5.70. The fourth-order valence-corrected chi connectivity index (χ4v) is 3.99. The molecule has 0 saturated carbocycles. The highest BCUT2D eigenvalue weighted by molar-refractivity contribution is 9.13. The lowest BCUT2D eigenvalue weighted by molar-refractivity contribution is 0.191. The maximum Gasteiger partial charge on any atom is 0.0843 e. The molecule has 5 heteroatoms. The summed E-state index contributed by atoms with van der Waals surface area (Å²) in [4.78, 5) is 1.40. The normalized spacial score (nSPS) is 12.9. The van der Waals surface area contributed by atoms with E-state index in [0.29, 0.717) is 6.04 Å². The summed E-state index contributed by atoms with van der Waals surface area (Å²) in [7, 11) is 1.76. The van der Waals surface area contributed by atoms with Gasteiger partial charge >= 0.3 is 0 Å². The molecule has 1 unspecified atom stereocenters. The molecule has 18 heavy (non-hydrogen) atoms. The summed E-state index contributed by atoms with van der Waals surface area (Å²) in [5, 5.41) is 3.63. The van der Waals surface area contributed by atoms with Gasteiger partial charge in [-0.1, -0.05) is 6.92 Å². The Hall–Kier alpha value is 0.580. The molecular weight excluding hydrogens is 378 g/mol. The van der Waals surface area contributed by atoms with Crippen LogP contribution in [0.1, 0.15) is 43.5 Å². The molecule has 1 aromatic rings. The predicted molar refractivity (Wildman–Crippen MR) is 86.5 cm³/mol. The third-order valence-corrected chi connectivity index (χ3v) is 6.11. The van der Waals surface area contributed by atoms with Crippen molar-refractivity contribution in [1.82, 2.24) is 5.32 Å². The monoisotopic (exact) mass is 397 g/mol. The van der Waals surface area contributed by atoms with Gasteiger partial charge in [-0.05, 0) is 70.2 Å². The van der Waals surface area contributed by atoms with E-state index >= 15 is 0 Å². The van der Waals surface area contributed by atoms with Crippen molar-refractivity contribution in [2.24, 2.45) is 0 Å². The molecule has 104 valence electrons. The van der Waals surface area contributed by atoms with E-state index in [-0.39, 0.29) is 0 Å². The van der Waals surface area contributed by atoms with Crippen LogP contribution in [0.25, 0.3) is 0 Å². The van der Waals surface area contributed by atoms with E-state index in [2.05, 4.69) is 50.2 Å². The van der Waals surface area contributed by atoms with Crippen LogP contribution in [0, 0.1) is 0 Å². The van der Waals surface area contributed by atoms with Gasteiger partial charge in [-0.15, -0.1) is 11.3 Å². The lowest BCUT2D eigenvalue weighted by Crippen LogP contribution is -2.21. The van der Waals surface area contributed by atoms with Crippen LogP contribution in [0.2, 0.25) is 0 Å². The molecule has 2 nitrogen and oxygen atoms in total. The van der Waals surface area contributed by atoms with Crippen molar-refractivity contribution in [1.29, 1.82) is 0 Å². The van der Waals surface area contributed by atoms with Crippen molar-refractivity contribution < 1.29 is 4.74 Å². The minimum absolute atomic E-state index is 0.467. The first-order valence-electron chi connectivity index (χ1n) is 6.36. The van der Waals surface area contributed by atoms with Crippen molar-refractivity contribution in [3.8, 4) is 0 Å². The van der Waals surface area contributed by atoms with Crippen LogP contribution in [-0.2, 0) is 4.74 Å². The molecule has 0 aliphatic rings. The van der Waals surface area contributed by atoms with Gasteiger partial charge in [0.2, 0.25) is 0 Å². The summed E-state index contributed by atoms with van der Waals surface area (Å²) in [5.74, 6) is 0. The van der Waals surface area contributed by atoms with E-state index in [4.69, 9.17) is 4.74 Å². The van der Waals surface area contributed by atoms with Crippen molar-refractivity contribution >= 4 is 43.2 Å². The number of hydrogen-bond donors (Lipinski definition) is 1. The molecule has 0 amide bonds. The van der Waals surface area contributed by atoms with Crippen LogP contribution >= 0.6 is 43.2 Å². The molecule has 0 spiro atoms. The van der Waals surface area contributed by atoms with Crippen molar-refractivity contribution in [3.05, 3.63) is 19.2 Å². The summed E-state index contributed by atoms with van der Waals surface area (Å²) in [6.07, 6.45) is 4.67. The smallest absolute Gasteiger partial charge is 0.0843 e. The minimum Gasteiger partial charge on any atom is -0.385 e. The first-order valence-corrected chi connectivity index (χ1v) is 8.76. The van der Waals surface area contributed by atoms with Crippen molar-refractivity contribution in [2.75, 3.05) is 20.3 Å². The van der Waals surface area contributed by atoms with Gasteiger partial charge in [0.25, 0.3) is 0 Å². The SMILES string of the molecule is CCCNC(CCCCOC)c1cc(Br)c(Br)s1. The van der Waals surface area contributed by atoms with Gasteiger partial charge in [0.15, 0.2) is 0 Å². The average molecular weight is 399 g/mol. The molecule has 0 saturated heterocycles. The number of thiophene rings is 1. The maximum absolute atomic E-state index is 5.10. The zero-order valence-corrected chi connectivity index (χ0v) is 15.0. The molecule has 0 aliphatic heterocycles. The summed E-state index contributed by atoms with van der Waals surface area (Å²) in [5.41, 5.74) is 0. The largest absolute Gasteiger partial charge is 0.385 e. The summed E-state index contributed by atoms with van der Waals surface area (Å²) >= 11 is 8.94. The van der Waals surface area contributed by atoms with Gasteiger partial charge in [0, 0.05) is 29.1 Å². The molecule has 1 N–H and O–H groups in total. The highest BCUT2D eigenvalue weighted by atomic mass is 79.9. The Morgan fingerprint density at radius 1 is 1.39 bits per heavy atom. The highest BCUT2D eigenvalue weighted by Gasteiger charge is 2.14. The molecule has 0 bridgehead atoms. The molecule has 0 fully saturated rings. The molecule has 1 rings (SSSR count). The number of rotatable bonds is 9. The van der Waals surface area contributed by atoms with E-state index in [1.807, 2.05) is 11.3 Å².